The summed E-state index contributed by atoms with van der Waals surface area (Å²) in [5.74, 6) is -1.00. The van der Waals surface area contributed by atoms with E-state index in [-0.39, 0.29) is 32.8 Å². The first kappa shape index (κ1) is 40.0. The van der Waals surface area contributed by atoms with Crippen LogP contribution >= 0.6 is 6.72 Å². The number of unbranched alkanes of at least 4 members (excludes halogenated alkanes) is 1. The molecule has 17 nitrogen and oxygen atoms in total. The van der Waals surface area contributed by atoms with Crippen LogP contribution in [0.2, 0.25) is 0 Å². The minimum absolute atomic E-state index is 0.0198. The Morgan fingerprint density at radius 1 is 1.04 bits per heavy atom. The van der Waals surface area contributed by atoms with E-state index in [0.29, 0.717) is 12.8 Å². The lowest BCUT2D eigenvalue weighted by Gasteiger charge is -2.42. The average Bonchev–Trinajstić information content (AvgIpc) is 3.38. The summed E-state index contributed by atoms with van der Waals surface area (Å²) in [4.78, 5) is 47.0. The van der Waals surface area contributed by atoms with Gasteiger partial charge in [-0.15, -0.1) is 0 Å². The summed E-state index contributed by atoms with van der Waals surface area (Å²) in [6, 6.07) is 6.90. The Balaban J connectivity index is 1.47. The molecule has 2 aliphatic rings. The van der Waals surface area contributed by atoms with Gasteiger partial charge in [0.05, 0.1) is 12.6 Å². The van der Waals surface area contributed by atoms with Crippen molar-refractivity contribution in [2.75, 3.05) is 40.6 Å². The molecule has 3 amide bonds. The van der Waals surface area contributed by atoms with Crippen LogP contribution in [0.4, 0.5) is 9.59 Å². The van der Waals surface area contributed by atoms with Crippen molar-refractivity contribution in [3.63, 3.8) is 0 Å². The number of amides is 3. The highest BCUT2D eigenvalue weighted by Gasteiger charge is 2.48. The molecule has 3 rings (SSSR count). The van der Waals surface area contributed by atoms with Gasteiger partial charge >= 0.3 is 18.9 Å². The number of aliphatic hydroxyl groups excluding tert-OH is 3. The first-order valence-corrected chi connectivity index (χ1v) is 18.0. The maximum Gasteiger partial charge on any atom is 0.508 e. The Bertz CT molecular complexity index is 1220. The molecule has 1 aliphatic heterocycles. The highest BCUT2D eigenvalue weighted by molar-refractivity contribution is 8.07. The van der Waals surface area contributed by atoms with E-state index in [2.05, 4.69) is 16.0 Å². The van der Waals surface area contributed by atoms with E-state index in [1.54, 1.807) is 12.1 Å². The molecule has 0 aromatic heterocycles. The van der Waals surface area contributed by atoms with Crippen molar-refractivity contribution < 1.29 is 67.3 Å². The molecular weight excluding hydrogens is 677 g/mol. The molecule has 1 saturated heterocycles. The Hall–Kier alpha value is -2.48. The second kappa shape index (κ2) is 19.6. The van der Waals surface area contributed by atoms with Crippen molar-refractivity contribution in [1.29, 1.82) is 0 Å². The number of benzene rings is 1. The van der Waals surface area contributed by atoms with Gasteiger partial charge in [0.1, 0.15) is 49.8 Å². The summed E-state index contributed by atoms with van der Waals surface area (Å²) in [6.07, 6.45) is -6.41. The second-order valence-corrected chi connectivity index (χ2v) is 14.2. The molecule has 7 N–H and O–H groups in total. The molecule has 2 fully saturated rings. The number of hydrogen-bond donors (Lipinski definition) is 7. The fraction of sp³-hybridized carbons (Fsp3) is 0.690. The molecular formula is C29H46N3O14PS. The molecule has 19 heteroatoms. The van der Waals surface area contributed by atoms with E-state index in [1.807, 2.05) is 18.2 Å². The van der Waals surface area contributed by atoms with E-state index in [9.17, 15) is 34.6 Å². The largest absolute Gasteiger partial charge is 0.508 e. The predicted molar refractivity (Wildman–Crippen MR) is 171 cm³/mol. The van der Waals surface area contributed by atoms with Gasteiger partial charge in [-0.05, 0) is 36.6 Å². The van der Waals surface area contributed by atoms with Crippen molar-refractivity contribution in [1.82, 2.24) is 16.0 Å². The number of nitrogens with one attached hydrogen (secondary N) is 3. The Kier molecular flexibility index (Phi) is 16.3. The molecule has 1 heterocycles. The topological polar surface area (TPSA) is 233 Å². The van der Waals surface area contributed by atoms with E-state index < -0.39 is 86.2 Å². The van der Waals surface area contributed by atoms with Crippen molar-refractivity contribution >= 4 is 36.6 Å². The fourth-order valence-corrected chi connectivity index (χ4v) is 6.41. The smallest absolute Gasteiger partial charge is 0.434 e. The first-order valence-electron chi connectivity index (χ1n) is 15.4. The van der Waals surface area contributed by atoms with Crippen LogP contribution < -0.4 is 16.0 Å². The van der Waals surface area contributed by atoms with E-state index in [1.165, 1.54) is 21.1 Å². The quantitative estimate of drug-likeness (QED) is 0.0639. The van der Waals surface area contributed by atoms with Gasteiger partial charge in [0.2, 0.25) is 5.91 Å². The highest BCUT2D eigenvalue weighted by Crippen LogP contribution is 2.48. The van der Waals surface area contributed by atoms with E-state index in [4.69, 9.17) is 44.5 Å². The van der Waals surface area contributed by atoms with Gasteiger partial charge in [-0.3, -0.25) is 4.79 Å². The minimum atomic E-state index is -3.66. The standard InChI is InChI=1S/C29H46N3O14PS/c1-17(34)31-22-24(36)23(35)21(14-33)45-27(22)42-12-8-7-11-30-28(37)32-20-13-19(25(26(20)40-2)46-47(39,48)41-3)16-44-29(38)43-15-18-9-5-4-6-10-18/h4-6,9-10,19-27,33,35-36H,7-8,11-16H2,1-3H3,(H,31,34)(H,39,48)(H2,30,32,37)/t19-,20+,21-,22-,23+,24-,25?,26-,27-,47?/m1/s1. The molecule has 2 unspecified atom stereocenters. The lowest BCUT2D eigenvalue weighted by molar-refractivity contribution is -0.270. The van der Waals surface area contributed by atoms with E-state index in [0.717, 1.165) is 5.56 Å². The lowest BCUT2D eigenvalue weighted by Crippen LogP contribution is -2.64. The summed E-state index contributed by atoms with van der Waals surface area (Å²) in [5.41, 5.74) is 0.783. The number of ether oxygens (including phenoxy) is 5. The number of carbonyl (C=O) groups is 3. The zero-order valence-corrected chi connectivity index (χ0v) is 28.7. The molecule has 1 aliphatic carbocycles. The van der Waals surface area contributed by atoms with Crippen LogP contribution in [-0.2, 0) is 55.9 Å². The monoisotopic (exact) mass is 723 g/mol. The molecule has 1 aromatic rings. The SMILES string of the molecule is CO[C@H]1C(OP(O)(=S)OC)[C@@H](COC(=O)OCc2ccccc2)C[C@@H]1NC(=O)NCCCCO[C@@H]1O[C@H](CO)[C@H](O)[C@H](O)[C@H]1NC(C)=O. The number of urea groups is 1. The molecule has 10 atom stereocenters. The third kappa shape index (κ3) is 12.1. The van der Waals surface area contributed by atoms with Crippen LogP contribution in [0, 0.1) is 5.92 Å². The van der Waals surface area contributed by atoms with Crippen molar-refractivity contribution in [2.24, 2.45) is 5.92 Å². The van der Waals surface area contributed by atoms with Crippen LogP contribution in [0.5, 0.6) is 0 Å². The minimum Gasteiger partial charge on any atom is -0.434 e. The fourth-order valence-electron chi connectivity index (χ4n) is 5.43. The first-order chi connectivity index (χ1) is 22.9. The molecule has 272 valence electrons. The number of hydrogen-bond acceptors (Lipinski definition) is 14. The van der Waals surface area contributed by atoms with Gasteiger partial charge < -0.3 is 68.9 Å². The number of rotatable bonds is 17. The van der Waals surface area contributed by atoms with Crippen LogP contribution in [-0.4, -0.2) is 128 Å². The Morgan fingerprint density at radius 2 is 1.77 bits per heavy atom. The maximum atomic E-state index is 12.8. The molecule has 0 spiro atoms. The molecule has 1 aromatic carbocycles. The maximum absolute atomic E-state index is 12.8. The summed E-state index contributed by atoms with van der Waals surface area (Å²) in [7, 11) is 2.62. The van der Waals surface area contributed by atoms with Crippen molar-refractivity contribution in [2.45, 2.75) is 81.7 Å². The summed E-state index contributed by atoms with van der Waals surface area (Å²) in [5, 5.41) is 38.0. The van der Waals surface area contributed by atoms with E-state index >= 15 is 0 Å². The molecule has 1 saturated carbocycles. The van der Waals surface area contributed by atoms with Crippen molar-refractivity contribution in [3.8, 4) is 0 Å². The average molecular weight is 724 g/mol. The van der Waals surface area contributed by atoms with Crippen LogP contribution in [0.1, 0.15) is 31.7 Å². The molecule has 0 bridgehead atoms. The second-order valence-electron chi connectivity index (χ2n) is 11.3. The van der Waals surface area contributed by atoms with Crippen LogP contribution in [0.15, 0.2) is 30.3 Å². The lowest BCUT2D eigenvalue weighted by atomic mass is 9.97. The van der Waals surface area contributed by atoms with Gasteiger partial charge in [0.15, 0.2) is 6.29 Å². The zero-order chi connectivity index (χ0) is 35.3. The summed E-state index contributed by atoms with van der Waals surface area (Å²) >= 11 is 5.04. The third-order valence-electron chi connectivity index (χ3n) is 7.82. The molecule has 0 radical (unpaired) electrons. The Morgan fingerprint density at radius 3 is 2.42 bits per heavy atom. The Labute approximate surface area is 283 Å². The van der Waals surface area contributed by atoms with Crippen LogP contribution in [0.25, 0.3) is 0 Å². The van der Waals surface area contributed by atoms with Gasteiger partial charge in [0.25, 0.3) is 0 Å². The normalized spacial score (nSPS) is 29.8. The molecule has 48 heavy (non-hydrogen) atoms. The third-order valence-corrected chi connectivity index (χ3v) is 9.50. The number of methoxy groups -OCH3 is 1. The van der Waals surface area contributed by atoms with Crippen LogP contribution in [0.3, 0.4) is 0 Å². The predicted octanol–water partition coefficient (Wildman–Crippen LogP) is 0.0314. The number of carbonyl (C=O) groups excluding carboxylic acids is 3. The van der Waals surface area contributed by atoms with Gasteiger partial charge in [0, 0.05) is 40.2 Å². The van der Waals surface area contributed by atoms with Gasteiger partial charge in [-0.25, -0.2) is 9.59 Å². The zero-order valence-electron chi connectivity index (χ0n) is 27.0. The summed E-state index contributed by atoms with van der Waals surface area (Å²) in [6.45, 7) is -2.74. The van der Waals surface area contributed by atoms with Gasteiger partial charge in [-0.1, -0.05) is 30.3 Å². The highest BCUT2D eigenvalue weighted by atomic mass is 32.5. The summed E-state index contributed by atoms with van der Waals surface area (Å²) < 4.78 is 38.0. The number of aliphatic hydroxyl groups is 3. The van der Waals surface area contributed by atoms with Gasteiger partial charge in [-0.2, -0.15) is 0 Å². The van der Waals surface area contributed by atoms with Crippen molar-refractivity contribution in [3.05, 3.63) is 35.9 Å².